The quantitative estimate of drug-likeness (QED) is 0.356. The van der Waals surface area contributed by atoms with Gasteiger partial charge in [-0.2, -0.15) is 4.31 Å². The summed E-state index contributed by atoms with van der Waals surface area (Å²) in [6.07, 6.45) is 2.65. The topological polar surface area (TPSA) is 104 Å². The zero-order valence-corrected chi connectivity index (χ0v) is 21.7. The Bertz CT molecular complexity index is 1590. The first-order valence-electron chi connectivity index (χ1n) is 11.3. The summed E-state index contributed by atoms with van der Waals surface area (Å²) in [7, 11) is -2.75. The molecule has 0 aliphatic carbocycles. The lowest BCUT2D eigenvalue weighted by atomic mass is 10.0. The lowest BCUT2D eigenvalue weighted by Gasteiger charge is -2.22. The van der Waals surface area contributed by atoms with Crippen molar-refractivity contribution in [2.75, 3.05) is 13.6 Å². The molecule has 37 heavy (non-hydrogen) atoms. The lowest BCUT2D eigenvalue weighted by molar-refractivity contribution is -0.123. The number of hydrogen-bond donors (Lipinski definition) is 2. The number of likely N-dealkylation sites (N-methyl/N-ethyl adjacent to an activating group) is 1. The first-order chi connectivity index (χ1) is 17.7. The lowest BCUT2D eigenvalue weighted by Crippen LogP contribution is -2.44. The van der Waals surface area contributed by atoms with Crippen LogP contribution in [0.4, 0.5) is 4.39 Å². The van der Waals surface area contributed by atoms with E-state index < -0.39 is 33.9 Å². The molecule has 2 N–H and O–H groups in total. The van der Waals surface area contributed by atoms with Gasteiger partial charge in [-0.15, -0.1) is 0 Å². The van der Waals surface area contributed by atoms with Crippen LogP contribution in [0.1, 0.15) is 6.42 Å². The van der Waals surface area contributed by atoms with Crippen molar-refractivity contribution < 1.29 is 22.3 Å². The number of rotatable bonds is 6. The van der Waals surface area contributed by atoms with Gasteiger partial charge in [0.05, 0.1) is 11.4 Å². The number of H-pyrrole nitrogens is 1. The summed E-state index contributed by atoms with van der Waals surface area (Å²) in [5.74, 6) is -1.17. The summed E-state index contributed by atoms with van der Waals surface area (Å²) in [5, 5.41) is 3.61. The van der Waals surface area contributed by atoms with Crippen molar-refractivity contribution in [2.24, 2.45) is 0 Å². The van der Waals surface area contributed by atoms with Gasteiger partial charge in [-0.05, 0) is 53.6 Å². The van der Waals surface area contributed by atoms with Crippen molar-refractivity contribution in [3.63, 3.8) is 0 Å². The third-order valence-corrected chi connectivity index (χ3v) is 8.49. The minimum absolute atomic E-state index is 0.0305. The number of carbonyl (C=O) groups excluding carboxylic acids is 1. The van der Waals surface area contributed by atoms with E-state index in [1.54, 1.807) is 24.5 Å². The maximum absolute atomic E-state index is 15.1. The van der Waals surface area contributed by atoms with Crippen molar-refractivity contribution in [3.8, 4) is 16.9 Å². The Kier molecular flexibility index (Phi) is 6.84. The van der Waals surface area contributed by atoms with Crippen LogP contribution in [0.5, 0.6) is 5.75 Å². The number of nitrogens with zero attached hydrogens (tertiary/aromatic N) is 2. The molecule has 3 heterocycles. The number of aromatic amines is 1. The summed E-state index contributed by atoms with van der Waals surface area (Å²) < 4.78 is 48.9. The van der Waals surface area contributed by atoms with Gasteiger partial charge in [0.1, 0.15) is 17.8 Å². The van der Waals surface area contributed by atoms with Gasteiger partial charge in [0.25, 0.3) is 0 Å². The summed E-state index contributed by atoms with van der Waals surface area (Å²) in [6.45, 7) is -0.167. The van der Waals surface area contributed by atoms with Gasteiger partial charge >= 0.3 is 0 Å². The SMILES string of the molecule is CNC(=O)[C@H]1C[C@H](Oc2ccc(-c3ccnc4[nH]ccc34)cc2F)CN1S(=O)(=O)c1cc(Cl)cc(Cl)c1. The molecule has 4 aromatic rings. The molecule has 1 aliphatic rings. The number of halogens is 3. The van der Waals surface area contributed by atoms with E-state index >= 15 is 4.39 Å². The predicted molar refractivity (Wildman–Crippen MR) is 139 cm³/mol. The minimum Gasteiger partial charge on any atom is -0.486 e. The maximum atomic E-state index is 15.1. The highest BCUT2D eigenvalue weighted by Crippen LogP contribution is 2.34. The number of hydrogen-bond acceptors (Lipinski definition) is 5. The first-order valence-corrected chi connectivity index (χ1v) is 13.4. The first kappa shape index (κ1) is 25.5. The van der Waals surface area contributed by atoms with Crippen LogP contribution in [0.3, 0.4) is 0 Å². The van der Waals surface area contributed by atoms with Crippen LogP contribution in [0.15, 0.2) is 65.8 Å². The zero-order chi connectivity index (χ0) is 26.3. The largest absolute Gasteiger partial charge is 0.486 e. The molecule has 0 spiro atoms. The molecule has 0 radical (unpaired) electrons. The van der Waals surface area contributed by atoms with Gasteiger partial charge in [-0.3, -0.25) is 4.79 Å². The summed E-state index contributed by atoms with van der Waals surface area (Å²) in [6, 6.07) is 11.1. The number of aromatic nitrogens is 2. The number of amides is 1. The molecule has 1 aliphatic heterocycles. The van der Waals surface area contributed by atoms with Crippen molar-refractivity contribution >= 4 is 50.2 Å². The molecule has 12 heteroatoms. The molecule has 0 unspecified atom stereocenters. The summed E-state index contributed by atoms with van der Waals surface area (Å²) >= 11 is 12.0. The highest BCUT2D eigenvalue weighted by atomic mass is 35.5. The second-order valence-corrected chi connectivity index (χ2v) is 11.3. The molecular formula is C25H21Cl2FN4O4S. The van der Waals surface area contributed by atoms with E-state index in [9.17, 15) is 13.2 Å². The number of fused-ring (bicyclic) bond motifs is 1. The van der Waals surface area contributed by atoms with Crippen molar-refractivity contribution in [1.82, 2.24) is 19.6 Å². The second kappa shape index (κ2) is 9.94. The number of ether oxygens (including phenoxy) is 1. The maximum Gasteiger partial charge on any atom is 0.244 e. The predicted octanol–water partition coefficient (Wildman–Crippen LogP) is 4.63. The van der Waals surface area contributed by atoms with Crippen molar-refractivity contribution in [1.29, 1.82) is 0 Å². The van der Waals surface area contributed by atoms with Gasteiger partial charge < -0.3 is 15.0 Å². The fourth-order valence-corrected chi connectivity index (χ4v) is 6.85. The van der Waals surface area contributed by atoms with Crippen LogP contribution in [0.25, 0.3) is 22.2 Å². The summed E-state index contributed by atoms with van der Waals surface area (Å²) in [4.78, 5) is 19.7. The van der Waals surface area contributed by atoms with Crippen LogP contribution in [-0.2, 0) is 14.8 Å². The fraction of sp³-hybridized carbons (Fsp3) is 0.200. The molecule has 192 valence electrons. The molecule has 8 nitrogen and oxygen atoms in total. The molecule has 1 fully saturated rings. The van der Waals surface area contributed by atoms with E-state index in [0.717, 1.165) is 15.3 Å². The molecular weight excluding hydrogens is 542 g/mol. The molecule has 2 aromatic carbocycles. The van der Waals surface area contributed by atoms with Gasteiger partial charge in [0, 0.05) is 41.3 Å². The molecule has 1 amide bonds. The van der Waals surface area contributed by atoms with Gasteiger partial charge in [0.2, 0.25) is 15.9 Å². The summed E-state index contributed by atoms with van der Waals surface area (Å²) in [5.41, 5.74) is 2.12. The van der Waals surface area contributed by atoms with Crippen LogP contribution >= 0.6 is 23.2 Å². The minimum atomic E-state index is -4.16. The number of carbonyl (C=O) groups is 1. The Morgan fingerprint density at radius 3 is 2.62 bits per heavy atom. The van der Waals surface area contributed by atoms with E-state index in [2.05, 4.69) is 15.3 Å². The molecule has 0 saturated carbocycles. The Hall–Kier alpha value is -3.18. The van der Waals surface area contributed by atoms with E-state index in [4.69, 9.17) is 27.9 Å². The van der Waals surface area contributed by atoms with Crippen molar-refractivity contribution in [2.45, 2.75) is 23.5 Å². The monoisotopic (exact) mass is 562 g/mol. The number of pyridine rings is 1. The number of sulfonamides is 1. The molecule has 0 bridgehead atoms. The van der Waals surface area contributed by atoms with Crippen LogP contribution in [0, 0.1) is 5.82 Å². The molecule has 1 saturated heterocycles. The highest BCUT2D eigenvalue weighted by molar-refractivity contribution is 7.89. The van der Waals surface area contributed by atoms with Gasteiger partial charge in [0.15, 0.2) is 11.6 Å². The zero-order valence-electron chi connectivity index (χ0n) is 19.4. The third kappa shape index (κ3) is 4.89. The van der Waals surface area contributed by atoms with E-state index in [-0.39, 0.29) is 33.7 Å². The highest BCUT2D eigenvalue weighted by Gasteiger charge is 2.45. The van der Waals surface area contributed by atoms with E-state index in [0.29, 0.717) is 11.2 Å². The Morgan fingerprint density at radius 2 is 1.92 bits per heavy atom. The van der Waals surface area contributed by atoms with E-state index in [1.165, 1.54) is 37.4 Å². The van der Waals surface area contributed by atoms with E-state index in [1.807, 2.05) is 6.07 Å². The third-order valence-electron chi connectivity index (χ3n) is 6.21. The standard InChI is InChI=1S/C25H21Cl2FN4O4S/c1-29-25(33)22-12-17(13-32(22)37(34,35)18-10-15(26)9-16(27)11-18)36-23-3-2-14(8-21(23)28)19-4-6-30-24-20(19)5-7-31-24/h2-11,17,22H,12-13H2,1H3,(H,29,33)(H,30,31)/t17-,22+/m0/s1. The number of nitrogens with one attached hydrogen (secondary N) is 2. The molecule has 2 atom stereocenters. The van der Waals surface area contributed by atoms with Crippen LogP contribution in [-0.4, -0.2) is 54.3 Å². The van der Waals surface area contributed by atoms with Crippen molar-refractivity contribution in [3.05, 3.63) is 76.8 Å². The van der Waals surface area contributed by atoms with Gasteiger partial charge in [-0.25, -0.2) is 17.8 Å². The smallest absolute Gasteiger partial charge is 0.244 e. The Morgan fingerprint density at radius 1 is 1.16 bits per heavy atom. The second-order valence-electron chi connectivity index (χ2n) is 8.53. The average Bonchev–Trinajstić information content (AvgIpc) is 3.52. The number of benzene rings is 2. The molecule has 2 aromatic heterocycles. The van der Waals surface area contributed by atoms with Crippen LogP contribution < -0.4 is 10.1 Å². The Labute approximate surface area is 222 Å². The normalized spacial score (nSPS) is 18.3. The average molecular weight is 563 g/mol. The van der Waals surface area contributed by atoms with Gasteiger partial charge in [-0.1, -0.05) is 29.3 Å². The fourth-order valence-electron chi connectivity index (χ4n) is 4.49. The Balaban J connectivity index is 1.41. The van der Waals surface area contributed by atoms with Crippen LogP contribution in [0.2, 0.25) is 10.0 Å². The molecule has 5 rings (SSSR count).